The van der Waals surface area contributed by atoms with E-state index in [1.54, 1.807) is 7.11 Å². The van der Waals surface area contributed by atoms with Gasteiger partial charge in [0.25, 0.3) is 0 Å². The van der Waals surface area contributed by atoms with Crippen LogP contribution in [0, 0.1) is 0 Å². The predicted octanol–water partition coefficient (Wildman–Crippen LogP) is 2.90. The Labute approximate surface area is 152 Å². The summed E-state index contributed by atoms with van der Waals surface area (Å²) in [4.78, 5) is 15.5. The molecule has 2 aromatic carbocycles. The monoisotopic (exact) mass is 351 g/mol. The second-order valence-electron chi connectivity index (χ2n) is 7.12. The number of fused-ring (bicyclic) bond motifs is 4. The average molecular weight is 351 g/mol. The van der Waals surface area contributed by atoms with Gasteiger partial charge in [-0.15, -0.1) is 0 Å². The van der Waals surface area contributed by atoms with Crippen LogP contribution in [0.5, 0.6) is 11.5 Å². The van der Waals surface area contributed by atoms with Gasteiger partial charge in [0.2, 0.25) is 5.91 Å². The van der Waals surface area contributed by atoms with Gasteiger partial charge in [-0.3, -0.25) is 4.79 Å². The standard InChI is InChI=1S/C21H21NO4/c1-24-14-8-9-17-19(11-14)26-13-21(17)16-6-2-3-7-18(16)22(20(21)23)12-15-5-4-10-25-15/h2-3,6-9,11,15H,4-5,10,12-13H2,1H3. The minimum absolute atomic E-state index is 0.0816. The first kappa shape index (κ1) is 15.7. The first-order valence-corrected chi connectivity index (χ1v) is 9.08. The Balaban J connectivity index is 1.62. The number of hydrogen-bond acceptors (Lipinski definition) is 4. The van der Waals surface area contributed by atoms with Gasteiger partial charge in [0.05, 0.1) is 19.8 Å². The zero-order chi connectivity index (χ0) is 17.7. The van der Waals surface area contributed by atoms with Crippen molar-refractivity contribution in [3.8, 4) is 11.5 Å². The van der Waals surface area contributed by atoms with Gasteiger partial charge in [0.1, 0.15) is 23.5 Å². The summed E-state index contributed by atoms with van der Waals surface area (Å²) in [6, 6.07) is 13.8. The highest BCUT2D eigenvalue weighted by atomic mass is 16.5. The number of benzene rings is 2. The molecule has 0 aromatic heterocycles. The Kier molecular flexibility index (Phi) is 3.47. The van der Waals surface area contributed by atoms with Gasteiger partial charge in [-0.25, -0.2) is 0 Å². The maximum Gasteiger partial charge on any atom is 0.245 e. The van der Waals surface area contributed by atoms with E-state index in [2.05, 4.69) is 0 Å². The van der Waals surface area contributed by atoms with Gasteiger partial charge in [-0.05, 0) is 30.5 Å². The Morgan fingerprint density at radius 1 is 1.23 bits per heavy atom. The third-order valence-corrected chi connectivity index (χ3v) is 5.77. The SMILES string of the molecule is COc1ccc2c(c1)OCC21C(=O)N(CC2CCCO2)c2ccccc21. The molecule has 0 saturated carbocycles. The van der Waals surface area contributed by atoms with Crippen LogP contribution in [0.3, 0.4) is 0 Å². The van der Waals surface area contributed by atoms with Crippen molar-refractivity contribution in [1.29, 1.82) is 0 Å². The number of para-hydroxylation sites is 1. The number of nitrogens with zero attached hydrogens (tertiary/aromatic N) is 1. The van der Waals surface area contributed by atoms with Gasteiger partial charge in [-0.1, -0.05) is 24.3 Å². The number of carbonyl (C=O) groups is 1. The average Bonchev–Trinajstić information content (AvgIpc) is 3.38. The van der Waals surface area contributed by atoms with E-state index in [-0.39, 0.29) is 12.0 Å². The summed E-state index contributed by atoms with van der Waals surface area (Å²) in [5.74, 6) is 1.54. The fourth-order valence-corrected chi connectivity index (χ4v) is 4.46. The van der Waals surface area contributed by atoms with Crippen molar-refractivity contribution in [3.05, 3.63) is 53.6 Å². The molecular weight excluding hydrogens is 330 g/mol. The lowest BCUT2D eigenvalue weighted by Crippen LogP contribution is -2.44. The van der Waals surface area contributed by atoms with E-state index in [1.165, 1.54) is 0 Å². The number of carbonyl (C=O) groups excluding carboxylic acids is 1. The Bertz CT molecular complexity index is 874. The Morgan fingerprint density at radius 2 is 2.12 bits per heavy atom. The topological polar surface area (TPSA) is 48.0 Å². The van der Waals surface area contributed by atoms with Crippen LogP contribution in [-0.2, 0) is 14.9 Å². The molecule has 26 heavy (non-hydrogen) atoms. The summed E-state index contributed by atoms with van der Waals surface area (Å²) in [5, 5.41) is 0. The van der Waals surface area contributed by atoms with Crippen LogP contribution in [0.15, 0.2) is 42.5 Å². The molecule has 3 aliphatic rings. The smallest absolute Gasteiger partial charge is 0.245 e. The van der Waals surface area contributed by atoms with E-state index in [4.69, 9.17) is 14.2 Å². The van der Waals surface area contributed by atoms with Gasteiger partial charge in [0.15, 0.2) is 0 Å². The summed E-state index contributed by atoms with van der Waals surface area (Å²) in [6.07, 6.45) is 2.17. The third-order valence-electron chi connectivity index (χ3n) is 5.77. The van der Waals surface area contributed by atoms with Crippen LogP contribution in [0.4, 0.5) is 5.69 Å². The number of anilines is 1. The lowest BCUT2D eigenvalue weighted by Gasteiger charge is -2.24. The molecule has 1 amide bonds. The quantitative estimate of drug-likeness (QED) is 0.853. The summed E-state index contributed by atoms with van der Waals surface area (Å²) in [5.41, 5.74) is 2.15. The zero-order valence-corrected chi connectivity index (χ0v) is 14.7. The van der Waals surface area contributed by atoms with Crippen LogP contribution >= 0.6 is 0 Å². The maximum absolute atomic E-state index is 13.7. The van der Waals surface area contributed by atoms with Gasteiger partial charge >= 0.3 is 0 Å². The van der Waals surface area contributed by atoms with Crippen molar-refractivity contribution in [2.75, 3.05) is 31.8 Å². The highest BCUT2D eigenvalue weighted by Gasteiger charge is 2.57. The van der Waals surface area contributed by atoms with Crippen LogP contribution in [-0.4, -0.2) is 38.9 Å². The summed E-state index contributed by atoms with van der Waals surface area (Å²) in [6.45, 7) is 1.71. The number of ether oxygens (including phenoxy) is 3. The molecule has 1 saturated heterocycles. The molecule has 0 N–H and O–H groups in total. The molecule has 0 aliphatic carbocycles. The molecule has 2 atom stereocenters. The molecule has 1 spiro atoms. The van der Waals surface area contributed by atoms with Crippen LogP contribution in [0.1, 0.15) is 24.0 Å². The van der Waals surface area contributed by atoms with Crippen LogP contribution in [0.25, 0.3) is 0 Å². The largest absolute Gasteiger partial charge is 0.497 e. The minimum Gasteiger partial charge on any atom is -0.497 e. The number of rotatable bonds is 3. The second kappa shape index (κ2) is 5.74. The van der Waals surface area contributed by atoms with Crippen molar-refractivity contribution >= 4 is 11.6 Å². The Hall–Kier alpha value is -2.53. The van der Waals surface area contributed by atoms with Crippen molar-refractivity contribution in [2.24, 2.45) is 0 Å². The molecule has 2 unspecified atom stereocenters. The van der Waals surface area contributed by atoms with E-state index in [1.807, 2.05) is 47.4 Å². The maximum atomic E-state index is 13.7. The number of methoxy groups -OCH3 is 1. The van der Waals surface area contributed by atoms with E-state index in [0.29, 0.717) is 13.2 Å². The molecule has 5 rings (SSSR count). The molecule has 5 nitrogen and oxygen atoms in total. The van der Waals surface area contributed by atoms with Gasteiger partial charge in [0, 0.05) is 23.9 Å². The lowest BCUT2D eigenvalue weighted by atomic mass is 9.77. The van der Waals surface area contributed by atoms with Crippen LogP contribution < -0.4 is 14.4 Å². The molecule has 1 fully saturated rings. The highest BCUT2D eigenvalue weighted by Crippen LogP contribution is 2.52. The van der Waals surface area contributed by atoms with Crippen molar-refractivity contribution in [1.82, 2.24) is 0 Å². The summed E-state index contributed by atoms with van der Waals surface area (Å²) >= 11 is 0. The minimum atomic E-state index is -0.767. The zero-order valence-electron chi connectivity index (χ0n) is 14.7. The molecule has 134 valence electrons. The molecule has 5 heteroatoms. The van der Waals surface area contributed by atoms with Crippen molar-refractivity contribution in [2.45, 2.75) is 24.4 Å². The van der Waals surface area contributed by atoms with Crippen LogP contribution in [0.2, 0.25) is 0 Å². The fourth-order valence-electron chi connectivity index (χ4n) is 4.46. The Morgan fingerprint density at radius 3 is 2.92 bits per heavy atom. The van der Waals surface area contributed by atoms with E-state index in [0.717, 1.165) is 47.8 Å². The first-order chi connectivity index (χ1) is 12.7. The first-order valence-electron chi connectivity index (χ1n) is 9.08. The van der Waals surface area contributed by atoms with Crippen molar-refractivity contribution < 1.29 is 19.0 Å². The molecule has 0 radical (unpaired) electrons. The normalized spacial score (nSPS) is 26.1. The van der Waals surface area contributed by atoms with Crippen molar-refractivity contribution in [3.63, 3.8) is 0 Å². The van der Waals surface area contributed by atoms with E-state index in [9.17, 15) is 4.79 Å². The van der Waals surface area contributed by atoms with E-state index < -0.39 is 5.41 Å². The second-order valence-corrected chi connectivity index (χ2v) is 7.12. The fraction of sp³-hybridized carbons (Fsp3) is 0.381. The van der Waals surface area contributed by atoms with Gasteiger partial charge in [-0.2, -0.15) is 0 Å². The third kappa shape index (κ3) is 2.04. The summed E-state index contributed by atoms with van der Waals surface area (Å²) in [7, 11) is 1.63. The lowest BCUT2D eigenvalue weighted by molar-refractivity contribution is -0.122. The molecule has 3 aliphatic heterocycles. The summed E-state index contributed by atoms with van der Waals surface area (Å²) < 4.78 is 17.1. The number of amides is 1. The van der Waals surface area contributed by atoms with E-state index >= 15 is 0 Å². The molecule has 2 aromatic rings. The molecular formula is C21H21NO4. The molecule has 0 bridgehead atoms. The predicted molar refractivity (Wildman–Crippen MR) is 97.0 cm³/mol. The van der Waals surface area contributed by atoms with Gasteiger partial charge < -0.3 is 19.1 Å². The highest BCUT2D eigenvalue weighted by molar-refractivity contribution is 6.11. The number of hydrogen-bond donors (Lipinski definition) is 0. The molecule has 3 heterocycles.